The zero-order chi connectivity index (χ0) is 16.7. The first-order valence-corrected chi connectivity index (χ1v) is 8.92. The minimum absolute atomic E-state index is 0.139. The van der Waals surface area contributed by atoms with Crippen LogP contribution in [0.2, 0.25) is 0 Å². The third kappa shape index (κ3) is 3.30. The van der Waals surface area contributed by atoms with Crippen LogP contribution >= 0.6 is 0 Å². The van der Waals surface area contributed by atoms with Gasteiger partial charge >= 0.3 is 0 Å². The van der Waals surface area contributed by atoms with E-state index in [1.165, 1.54) is 11.1 Å². The zero-order valence-electron chi connectivity index (χ0n) is 15.0. The maximum atomic E-state index is 12.9. The molecule has 2 aliphatic rings. The molecule has 1 heterocycles. The highest BCUT2D eigenvalue weighted by Gasteiger charge is 2.53. The van der Waals surface area contributed by atoms with Crippen LogP contribution in [-0.2, 0) is 9.53 Å². The average Bonchev–Trinajstić information content (AvgIpc) is 3.16. The second-order valence-corrected chi connectivity index (χ2v) is 7.73. The van der Waals surface area contributed by atoms with E-state index in [0.717, 1.165) is 13.1 Å². The van der Waals surface area contributed by atoms with E-state index in [1.54, 1.807) is 0 Å². The maximum absolute atomic E-state index is 12.9. The number of amides is 1. The van der Waals surface area contributed by atoms with E-state index in [4.69, 9.17) is 4.74 Å². The summed E-state index contributed by atoms with van der Waals surface area (Å²) in [6.07, 6.45) is 0.279. The van der Waals surface area contributed by atoms with Crippen LogP contribution in [0.3, 0.4) is 0 Å². The molecule has 1 aliphatic carbocycles. The van der Waals surface area contributed by atoms with Crippen molar-refractivity contribution in [1.29, 1.82) is 0 Å². The lowest BCUT2D eigenvalue weighted by Gasteiger charge is -2.35. The number of benzene rings is 1. The summed E-state index contributed by atoms with van der Waals surface area (Å²) in [5, 5.41) is 0. The predicted molar refractivity (Wildman–Crippen MR) is 92.5 cm³/mol. The molecule has 1 amide bonds. The molecule has 1 aromatic rings. The van der Waals surface area contributed by atoms with Gasteiger partial charge in [0.1, 0.15) is 0 Å². The van der Waals surface area contributed by atoms with E-state index in [2.05, 4.69) is 45.0 Å². The second kappa shape index (κ2) is 6.27. The lowest BCUT2D eigenvalue weighted by Crippen LogP contribution is -2.49. The highest BCUT2D eigenvalue weighted by molar-refractivity contribution is 5.84. The monoisotopic (exact) mass is 315 g/mol. The molecule has 126 valence electrons. The summed E-state index contributed by atoms with van der Waals surface area (Å²) in [5.74, 6) is 1.85. The summed E-state index contributed by atoms with van der Waals surface area (Å²) in [6, 6.07) is 8.86. The molecular formula is C20H29NO2. The van der Waals surface area contributed by atoms with Gasteiger partial charge in [-0.1, -0.05) is 45.0 Å². The van der Waals surface area contributed by atoms with Gasteiger partial charge in [-0.25, -0.2) is 0 Å². The molecule has 1 saturated carbocycles. The molecule has 3 rings (SSSR count). The highest BCUT2D eigenvalue weighted by atomic mass is 16.5. The van der Waals surface area contributed by atoms with Gasteiger partial charge in [0.2, 0.25) is 5.91 Å². The van der Waals surface area contributed by atoms with Crippen molar-refractivity contribution in [1.82, 2.24) is 4.90 Å². The molecule has 0 aromatic heterocycles. The van der Waals surface area contributed by atoms with Crippen molar-refractivity contribution in [3.8, 4) is 0 Å². The summed E-state index contributed by atoms with van der Waals surface area (Å²) in [7, 11) is 0. The quantitative estimate of drug-likeness (QED) is 0.849. The number of hydrogen-bond donors (Lipinski definition) is 0. The molecule has 5 unspecified atom stereocenters. The Bertz CT molecular complexity index is 556. The van der Waals surface area contributed by atoms with E-state index in [-0.39, 0.29) is 18.1 Å². The van der Waals surface area contributed by atoms with Gasteiger partial charge in [0.05, 0.1) is 12.2 Å². The minimum atomic E-state index is 0.139. The first-order valence-electron chi connectivity index (χ1n) is 8.92. The lowest BCUT2D eigenvalue weighted by atomic mass is 9.99. The Morgan fingerprint density at radius 3 is 2.17 bits per heavy atom. The molecule has 0 radical (unpaired) electrons. The van der Waals surface area contributed by atoms with E-state index >= 15 is 0 Å². The Morgan fingerprint density at radius 2 is 1.65 bits per heavy atom. The average molecular weight is 315 g/mol. The Labute approximate surface area is 140 Å². The number of ether oxygens (including phenoxy) is 1. The minimum Gasteiger partial charge on any atom is -0.372 e. The predicted octanol–water partition coefficient (Wildman–Crippen LogP) is 3.80. The summed E-state index contributed by atoms with van der Waals surface area (Å²) < 4.78 is 5.75. The number of nitrogens with zero attached hydrogens (tertiary/aromatic N) is 1. The molecule has 1 saturated heterocycles. The van der Waals surface area contributed by atoms with Crippen molar-refractivity contribution in [2.24, 2.45) is 11.8 Å². The molecule has 0 bridgehead atoms. The second-order valence-electron chi connectivity index (χ2n) is 7.73. The van der Waals surface area contributed by atoms with Crippen LogP contribution in [-0.4, -0.2) is 36.1 Å². The summed E-state index contributed by atoms with van der Waals surface area (Å²) in [5.41, 5.74) is 2.68. The summed E-state index contributed by atoms with van der Waals surface area (Å²) >= 11 is 0. The smallest absolute Gasteiger partial charge is 0.226 e. The fourth-order valence-corrected chi connectivity index (χ4v) is 4.02. The Balaban J connectivity index is 1.69. The summed E-state index contributed by atoms with van der Waals surface area (Å²) in [4.78, 5) is 14.9. The number of rotatable bonds is 3. The highest BCUT2D eigenvalue weighted by Crippen LogP contribution is 2.54. The van der Waals surface area contributed by atoms with Crippen LogP contribution in [0.1, 0.15) is 57.6 Å². The van der Waals surface area contributed by atoms with Crippen molar-refractivity contribution in [2.75, 3.05) is 13.1 Å². The zero-order valence-corrected chi connectivity index (χ0v) is 15.0. The number of morpholine rings is 1. The topological polar surface area (TPSA) is 29.5 Å². The van der Waals surface area contributed by atoms with Gasteiger partial charge in [-0.05, 0) is 42.7 Å². The fourth-order valence-electron chi connectivity index (χ4n) is 4.02. The largest absolute Gasteiger partial charge is 0.372 e. The van der Waals surface area contributed by atoms with Gasteiger partial charge in [0, 0.05) is 19.0 Å². The molecule has 1 aliphatic heterocycles. The van der Waals surface area contributed by atoms with Crippen molar-refractivity contribution >= 4 is 5.91 Å². The van der Waals surface area contributed by atoms with Gasteiger partial charge in [-0.2, -0.15) is 0 Å². The van der Waals surface area contributed by atoms with Gasteiger partial charge in [0.15, 0.2) is 0 Å². The normalized spacial score (nSPS) is 33.8. The van der Waals surface area contributed by atoms with Crippen LogP contribution in [0.15, 0.2) is 24.3 Å². The lowest BCUT2D eigenvalue weighted by molar-refractivity contribution is -0.144. The van der Waals surface area contributed by atoms with Crippen molar-refractivity contribution in [3.05, 3.63) is 35.4 Å². The molecule has 5 atom stereocenters. The Hall–Kier alpha value is -1.35. The van der Waals surface area contributed by atoms with E-state index in [0.29, 0.717) is 23.7 Å². The third-order valence-corrected chi connectivity index (χ3v) is 5.38. The molecule has 3 nitrogen and oxygen atoms in total. The van der Waals surface area contributed by atoms with Crippen LogP contribution in [0, 0.1) is 11.8 Å². The maximum Gasteiger partial charge on any atom is 0.226 e. The van der Waals surface area contributed by atoms with Crippen molar-refractivity contribution in [2.45, 2.75) is 58.7 Å². The number of carbonyl (C=O) groups excluding carboxylic acids is 1. The number of hydrogen-bond acceptors (Lipinski definition) is 2. The first kappa shape index (κ1) is 16.5. The molecule has 3 heteroatoms. The molecule has 1 aromatic carbocycles. The summed E-state index contributed by atoms with van der Waals surface area (Å²) in [6.45, 7) is 12.2. The Morgan fingerprint density at radius 1 is 1.09 bits per heavy atom. The molecule has 0 N–H and O–H groups in total. The van der Waals surface area contributed by atoms with Crippen LogP contribution in [0.4, 0.5) is 0 Å². The molecule has 23 heavy (non-hydrogen) atoms. The van der Waals surface area contributed by atoms with Gasteiger partial charge in [-0.3, -0.25) is 4.79 Å². The first-order chi connectivity index (χ1) is 10.9. The van der Waals surface area contributed by atoms with Gasteiger partial charge in [0.25, 0.3) is 0 Å². The number of carbonyl (C=O) groups is 1. The van der Waals surface area contributed by atoms with Crippen LogP contribution in [0.5, 0.6) is 0 Å². The fraction of sp³-hybridized carbons (Fsp3) is 0.650. The van der Waals surface area contributed by atoms with E-state index < -0.39 is 0 Å². The standard InChI is InChI=1S/C20H29NO2/c1-12(2)16-6-8-17(9-7-16)18-15(5)19(18)20(22)21-10-13(3)23-14(4)11-21/h6-9,12-15,18-19H,10-11H2,1-5H3. The van der Waals surface area contributed by atoms with Gasteiger partial charge < -0.3 is 9.64 Å². The third-order valence-electron chi connectivity index (χ3n) is 5.38. The van der Waals surface area contributed by atoms with Crippen molar-refractivity contribution in [3.63, 3.8) is 0 Å². The molecular weight excluding hydrogens is 286 g/mol. The van der Waals surface area contributed by atoms with Crippen LogP contribution in [0.25, 0.3) is 0 Å². The van der Waals surface area contributed by atoms with Crippen molar-refractivity contribution < 1.29 is 9.53 Å². The van der Waals surface area contributed by atoms with Crippen LogP contribution < -0.4 is 0 Å². The Kier molecular flexibility index (Phi) is 4.50. The van der Waals surface area contributed by atoms with E-state index in [1.807, 2.05) is 18.7 Å². The SMILES string of the molecule is CC1CN(C(=O)C2C(C)C2c2ccc(C(C)C)cc2)CC(C)O1. The molecule has 0 spiro atoms. The van der Waals surface area contributed by atoms with Gasteiger partial charge in [-0.15, -0.1) is 0 Å². The van der Waals surface area contributed by atoms with E-state index in [9.17, 15) is 4.79 Å². The molecule has 2 fully saturated rings.